The highest BCUT2D eigenvalue weighted by Gasteiger charge is 2.28. The van der Waals surface area contributed by atoms with Crippen LogP contribution in [0.1, 0.15) is 24.6 Å². The number of carbonyl (C=O) groups is 2. The second-order valence-electron chi connectivity index (χ2n) is 5.42. The number of nitrogens with one attached hydrogen (secondary N) is 2. The van der Waals surface area contributed by atoms with E-state index in [-0.39, 0.29) is 12.5 Å². The van der Waals surface area contributed by atoms with E-state index < -0.39 is 6.03 Å². The molecular weight excluding hydrogens is 296 g/mol. The number of benzene rings is 1. The summed E-state index contributed by atoms with van der Waals surface area (Å²) in [4.78, 5) is 28.1. The highest BCUT2D eigenvalue weighted by atomic mass is 16.5. The molecule has 0 saturated heterocycles. The summed E-state index contributed by atoms with van der Waals surface area (Å²) in [5.74, 6) is 1.68. The molecule has 3 amide bonds. The van der Waals surface area contributed by atoms with Crippen LogP contribution in [0.2, 0.25) is 0 Å². The lowest BCUT2D eigenvalue weighted by Crippen LogP contribution is -2.36. The number of nitrogens with zero attached hydrogens (tertiary/aromatic N) is 2. The molecule has 1 saturated carbocycles. The van der Waals surface area contributed by atoms with Crippen LogP contribution in [-0.4, -0.2) is 28.6 Å². The zero-order chi connectivity index (χ0) is 16.2. The second kappa shape index (κ2) is 6.51. The zero-order valence-corrected chi connectivity index (χ0v) is 12.8. The van der Waals surface area contributed by atoms with Crippen molar-refractivity contribution in [1.82, 2.24) is 14.9 Å². The molecule has 0 atom stereocenters. The minimum absolute atomic E-state index is 0.0852. The Bertz CT molecular complexity index is 704. The molecular formula is C16H18N4O3. The summed E-state index contributed by atoms with van der Waals surface area (Å²) in [5.41, 5.74) is 0.581. The normalized spacial score (nSPS) is 13.4. The Morgan fingerprint density at radius 1 is 1.30 bits per heavy atom. The van der Waals surface area contributed by atoms with Gasteiger partial charge in [0.15, 0.2) is 0 Å². The summed E-state index contributed by atoms with van der Waals surface area (Å²) in [6.07, 6.45) is 5.65. The first-order valence-electron chi connectivity index (χ1n) is 7.41. The topological polar surface area (TPSA) is 85.3 Å². The van der Waals surface area contributed by atoms with E-state index >= 15 is 0 Å². The number of rotatable bonds is 5. The van der Waals surface area contributed by atoms with Gasteiger partial charge in [0.05, 0.1) is 7.11 Å². The van der Waals surface area contributed by atoms with Gasteiger partial charge < -0.3 is 14.6 Å². The molecule has 1 fully saturated rings. The molecule has 2 aromatic rings. The average Bonchev–Trinajstić information content (AvgIpc) is 3.28. The molecule has 120 valence electrons. The number of hydrogen-bond acceptors (Lipinski definition) is 4. The molecule has 1 aromatic carbocycles. The molecule has 23 heavy (non-hydrogen) atoms. The minimum Gasteiger partial charge on any atom is -0.497 e. The molecule has 0 aliphatic heterocycles. The van der Waals surface area contributed by atoms with E-state index in [0.717, 1.165) is 18.7 Å². The Hall–Kier alpha value is -2.83. The number of hydrogen-bond donors (Lipinski definition) is 2. The Labute approximate surface area is 133 Å². The van der Waals surface area contributed by atoms with Crippen LogP contribution in [0.3, 0.4) is 0 Å². The standard InChI is InChI=1S/C16H18N4O3/c1-23-13-6-4-12(5-7-13)18-16(22)19-14(21)10-20-9-8-17-15(20)11-2-3-11/h4-9,11H,2-3,10H2,1H3,(H2,18,19,21,22). The van der Waals surface area contributed by atoms with Gasteiger partial charge in [-0.15, -0.1) is 0 Å². The zero-order valence-electron chi connectivity index (χ0n) is 12.8. The Kier molecular flexibility index (Phi) is 4.27. The SMILES string of the molecule is COc1ccc(NC(=O)NC(=O)Cn2ccnc2C2CC2)cc1. The molecule has 0 bridgehead atoms. The lowest BCUT2D eigenvalue weighted by atomic mass is 10.3. The van der Waals surface area contributed by atoms with Gasteiger partial charge in [0.1, 0.15) is 18.1 Å². The van der Waals surface area contributed by atoms with Crippen LogP contribution in [0.15, 0.2) is 36.7 Å². The van der Waals surface area contributed by atoms with Gasteiger partial charge in [-0.05, 0) is 37.1 Å². The first kappa shape index (κ1) is 15.1. The first-order valence-corrected chi connectivity index (χ1v) is 7.41. The minimum atomic E-state index is -0.562. The van der Waals surface area contributed by atoms with Crippen molar-refractivity contribution in [1.29, 1.82) is 0 Å². The van der Waals surface area contributed by atoms with Crippen molar-refractivity contribution in [2.75, 3.05) is 12.4 Å². The molecule has 1 aliphatic carbocycles. The van der Waals surface area contributed by atoms with Crippen LogP contribution in [0, 0.1) is 0 Å². The van der Waals surface area contributed by atoms with Crippen molar-refractivity contribution in [2.45, 2.75) is 25.3 Å². The van der Waals surface area contributed by atoms with Gasteiger partial charge >= 0.3 is 6.03 Å². The fourth-order valence-electron chi connectivity index (χ4n) is 2.31. The molecule has 1 aromatic heterocycles. The van der Waals surface area contributed by atoms with E-state index in [1.54, 1.807) is 48.3 Å². The lowest BCUT2D eigenvalue weighted by Gasteiger charge is -2.09. The fourth-order valence-corrected chi connectivity index (χ4v) is 2.31. The van der Waals surface area contributed by atoms with Crippen molar-refractivity contribution in [2.24, 2.45) is 0 Å². The third-order valence-electron chi connectivity index (χ3n) is 3.60. The van der Waals surface area contributed by atoms with E-state index in [4.69, 9.17) is 4.74 Å². The number of amides is 3. The number of anilines is 1. The number of urea groups is 1. The number of imide groups is 1. The first-order chi connectivity index (χ1) is 11.2. The fraction of sp³-hybridized carbons (Fsp3) is 0.312. The molecule has 0 radical (unpaired) electrons. The second-order valence-corrected chi connectivity index (χ2v) is 5.42. The largest absolute Gasteiger partial charge is 0.497 e. The van der Waals surface area contributed by atoms with Crippen molar-refractivity contribution >= 4 is 17.6 Å². The van der Waals surface area contributed by atoms with Gasteiger partial charge in [-0.2, -0.15) is 0 Å². The molecule has 7 heteroatoms. The van der Waals surface area contributed by atoms with Crippen LogP contribution >= 0.6 is 0 Å². The Morgan fingerprint density at radius 3 is 2.70 bits per heavy atom. The summed E-state index contributed by atoms with van der Waals surface area (Å²) in [5, 5.41) is 4.92. The highest BCUT2D eigenvalue weighted by Crippen LogP contribution is 2.38. The van der Waals surface area contributed by atoms with Gasteiger partial charge in [-0.1, -0.05) is 0 Å². The highest BCUT2D eigenvalue weighted by molar-refractivity contribution is 6.01. The predicted molar refractivity (Wildman–Crippen MR) is 84.4 cm³/mol. The molecule has 1 aliphatic rings. The van der Waals surface area contributed by atoms with Crippen LogP contribution in [0.4, 0.5) is 10.5 Å². The van der Waals surface area contributed by atoms with E-state index in [2.05, 4.69) is 15.6 Å². The molecule has 0 unspecified atom stereocenters. The monoisotopic (exact) mass is 314 g/mol. The van der Waals surface area contributed by atoms with Crippen LogP contribution in [0.5, 0.6) is 5.75 Å². The number of imidazole rings is 1. The summed E-state index contributed by atoms with van der Waals surface area (Å²) in [6.45, 7) is 0.0852. The van der Waals surface area contributed by atoms with Gasteiger partial charge in [-0.3, -0.25) is 10.1 Å². The summed E-state index contributed by atoms with van der Waals surface area (Å²) in [7, 11) is 1.57. The summed E-state index contributed by atoms with van der Waals surface area (Å²) in [6, 6.07) is 6.29. The third kappa shape index (κ3) is 3.88. The quantitative estimate of drug-likeness (QED) is 0.885. The van der Waals surface area contributed by atoms with E-state index in [1.165, 1.54) is 0 Å². The molecule has 3 rings (SSSR count). The molecule has 0 spiro atoms. The lowest BCUT2D eigenvalue weighted by molar-refractivity contribution is -0.120. The van der Waals surface area contributed by atoms with Crippen LogP contribution in [-0.2, 0) is 11.3 Å². The smallest absolute Gasteiger partial charge is 0.325 e. The van der Waals surface area contributed by atoms with Gasteiger partial charge in [-0.25, -0.2) is 9.78 Å². The summed E-state index contributed by atoms with van der Waals surface area (Å²) < 4.78 is 6.83. The maximum atomic E-state index is 12.0. The number of carbonyl (C=O) groups excluding carboxylic acids is 2. The number of aromatic nitrogens is 2. The van der Waals surface area contributed by atoms with Crippen molar-refractivity contribution < 1.29 is 14.3 Å². The molecule has 1 heterocycles. The third-order valence-corrected chi connectivity index (χ3v) is 3.60. The maximum absolute atomic E-state index is 12.0. The summed E-state index contributed by atoms with van der Waals surface area (Å²) >= 11 is 0. The van der Waals surface area contributed by atoms with Crippen LogP contribution in [0.25, 0.3) is 0 Å². The molecule has 7 nitrogen and oxygen atoms in total. The number of methoxy groups -OCH3 is 1. The van der Waals surface area contributed by atoms with Gasteiger partial charge in [0.2, 0.25) is 5.91 Å². The van der Waals surface area contributed by atoms with Crippen LogP contribution < -0.4 is 15.4 Å². The number of ether oxygens (including phenoxy) is 1. The van der Waals surface area contributed by atoms with E-state index in [0.29, 0.717) is 17.4 Å². The average molecular weight is 314 g/mol. The predicted octanol–water partition coefficient (Wildman–Crippen LogP) is 2.12. The van der Waals surface area contributed by atoms with E-state index in [1.807, 2.05) is 0 Å². The van der Waals surface area contributed by atoms with Gasteiger partial charge in [0.25, 0.3) is 0 Å². The van der Waals surface area contributed by atoms with Crippen molar-refractivity contribution in [3.63, 3.8) is 0 Å². The van der Waals surface area contributed by atoms with Crippen molar-refractivity contribution in [3.8, 4) is 5.75 Å². The van der Waals surface area contributed by atoms with Crippen molar-refractivity contribution in [3.05, 3.63) is 42.5 Å². The maximum Gasteiger partial charge on any atom is 0.325 e. The Morgan fingerprint density at radius 2 is 2.04 bits per heavy atom. The Balaban J connectivity index is 1.52. The van der Waals surface area contributed by atoms with Gasteiger partial charge in [0, 0.05) is 24.0 Å². The van der Waals surface area contributed by atoms with E-state index in [9.17, 15) is 9.59 Å². The molecule has 2 N–H and O–H groups in total.